The number of rotatable bonds is 6. The van der Waals surface area contributed by atoms with E-state index in [9.17, 15) is 4.79 Å². The molecule has 4 heterocycles. The van der Waals surface area contributed by atoms with E-state index < -0.39 is 0 Å². The second-order valence-corrected chi connectivity index (χ2v) is 10.7. The Labute approximate surface area is 199 Å². The largest absolute Gasteiger partial charge is 0.356 e. The lowest BCUT2D eigenvalue weighted by molar-refractivity contribution is -0.133. The number of piperidine rings is 1. The molecule has 5 rings (SSSR count). The molecule has 7 nitrogen and oxygen atoms in total. The van der Waals surface area contributed by atoms with Crippen LogP contribution in [0.2, 0.25) is 0 Å². The van der Waals surface area contributed by atoms with Gasteiger partial charge in [-0.2, -0.15) is 4.98 Å². The first-order chi connectivity index (χ1) is 16.2. The Kier molecular flexibility index (Phi) is 7.64. The van der Waals surface area contributed by atoms with Gasteiger partial charge in [-0.15, -0.1) is 0 Å². The minimum atomic E-state index is 0.405. The van der Waals surface area contributed by atoms with Crippen LogP contribution in [0.4, 0.5) is 11.8 Å². The summed E-state index contributed by atoms with van der Waals surface area (Å²) in [6.07, 6.45) is 16.4. The number of anilines is 2. The zero-order valence-electron chi connectivity index (χ0n) is 20.3. The first-order valence-corrected chi connectivity index (χ1v) is 13.6. The Balaban J connectivity index is 1.08. The molecule has 4 fully saturated rings. The van der Waals surface area contributed by atoms with Gasteiger partial charge in [0.2, 0.25) is 11.9 Å². The molecule has 1 aliphatic carbocycles. The third kappa shape index (κ3) is 5.97. The lowest BCUT2D eigenvalue weighted by atomic mass is 10.00. The summed E-state index contributed by atoms with van der Waals surface area (Å²) in [5, 5.41) is 3.62. The fourth-order valence-electron chi connectivity index (χ4n) is 6.38. The smallest absolute Gasteiger partial charge is 0.224 e. The molecular formula is C26H42N6O. The number of likely N-dealkylation sites (tertiary alicyclic amines) is 2. The zero-order chi connectivity index (χ0) is 22.5. The van der Waals surface area contributed by atoms with Crippen LogP contribution in [0, 0.1) is 5.92 Å². The van der Waals surface area contributed by atoms with Crippen LogP contribution in [0.3, 0.4) is 0 Å². The summed E-state index contributed by atoms with van der Waals surface area (Å²) in [7, 11) is 0. The van der Waals surface area contributed by atoms with E-state index in [4.69, 9.17) is 4.98 Å². The van der Waals surface area contributed by atoms with Gasteiger partial charge in [0.1, 0.15) is 5.82 Å². The minimum absolute atomic E-state index is 0.405. The molecule has 1 atom stereocenters. The highest BCUT2D eigenvalue weighted by Crippen LogP contribution is 2.29. The van der Waals surface area contributed by atoms with E-state index in [0.717, 1.165) is 76.7 Å². The molecule has 0 radical (unpaired) electrons. The maximum atomic E-state index is 12.7. The Morgan fingerprint density at radius 1 is 0.909 bits per heavy atom. The molecule has 1 N–H and O–H groups in total. The maximum Gasteiger partial charge on any atom is 0.224 e. The molecule has 0 aromatic carbocycles. The first kappa shape index (κ1) is 22.9. The molecule has 3 aliphatic heterocycles. The molecular weight excluding hydrogens is 412 g/mol. The number of hydrogen-bond donors (Lipinski definition) is 1. The van der Waals surface area contributed by atoms with Gasteiger partial charge in [-0.1, -0.05) is 25.7 Å². The zero-order valence-corrected chi connectivity index (χ0v) is 20.3. The molecule has 1 aromatic rings. The van der Waals surface area contributed by atoms with Crippen LogP contribution in [0.25, 0.3) is 0 Å². The SMILES string of the molecule is O=C(CC1CCCC1)N1CCC(N2CCC(Nc3nccc(N4CCCCCC4)n3)C2)CC1. The number of nitrogens with one attached hydrogen (secondary N) is 1. The second-order valence-electron chi connectivity index (χ2n) is 10.7. The first-order valence-electron chi connectivity index (χ1n) is 13.6. The van der Waals surface area contributed by atoms with Crippen molar-refractivity contribution in [1.29, 1.82) is 0 Å². The Morgan fingerprint density at radius 2 is 1.67 bits per heavy atom. The normalized spacial score (nSPS) is 26.0. The van der Waals surface area contributed by atoms with Gasteiger partial charge >= 0.3 is 0 Å². The van der Waals surface area contributed by atoms with Crippen molar-refractivity contribution in [3.63, 3.8) is 0 Å². The Hall–Kier alpha value is -1.89. The fourth-order valence-corrected chi connectivity index (χ4v) is 6.38. The van der Waals surface area contributed by atoms with E-state index in [2.05, 4.69) is 31.1 Å². The molecule has 33 heavy (non-hydrogen) atoms. The summed E-state index contributed by atoms with van der Waals surface area (Å²) in [4.78, 5) is 29.2. The molecule has 0 bridgehead atoms. The minimum Gasteiger partial charge on any atom is -0.356 e. The van der Waals surface area contributed by atoms with E-state index in [0.29, 0.717) is 23.9 Å². The van der Waals surface area contributed by atoms with Gasteiger partial charge in [0.15, 0.2) is 0 Å². The predicted octanol–water partition coefficient (Wildman–Crippen LogP) is 3.91. The van der Waals surface area contributed by atoms with Crippen molar-refractivity contribution in [3.05, 3.63) is 12.3 Å². The van der Waals surface area contributed by atoms with Gasteiger partial charge < -0.3 is 15.1 Å². The molecule has 1 unspecified atom stereocenters. The summed E-state index contributed by atoms with van der Waals surface area (Å²) in [5.41, 5.74) is 0. The lowest BCUT2D eigenvalue weighted by Gasteiger charge is -2.37. The monoisotopic (exact) mass is 454 g/mol. The third-order valence-corrected chi connectivity index (χ3v) is 8.40. The molecule has 0 spiro atoms. The standard InChI is InChI=1S/C26H42N6O/c33-25(19-21-7-3-4-8-21)31-17-11-23(12-18-31)32-16-10-22(20-32)28-26-27-13-9-24(29-26)30-14-5-1-2-6-15-30/h9,13,21-23H,1-8,10-12,14-20H2,(H,27,28,29). The molecule has 1 aromatic heterocycles. The highest BCUT2D eigenvalue weighted by molar-refractivity contribution is 5.76. The quantitative estimate of drug-likeness (QED) is 0.703. The van der Waals surface area contributed by atoms with Crippen LogP contribution >= 0.6 is 0 Å². The summed E-state index contributed by atoms with van der Waals surface area (Å²) >= 11 is 0. The van der Waals surface area contributed by atoms with E-state index in [1.54, 1.807) is 0 Å². The number of nitrogens with zero attached hydrogens (tertiary/aromatic N) is 5. The van der Waals surface area contributed by atoms with Crippen molar-refractivity contribution in [1.82, 2.24) is 19.8 Å². The van der Waals surface area contributed by atoms with Crippen LogP contribution in [0.1, 0.15) is 77.0 Å². The van der Waals surface area contributed by atoms with Crippen LogP contribution in [0.5, 0.6) is 0 Å². The van der Waals surface area contributed by atoms with Gasteiger partial charge in [0, 0.05) is 64.0 Å². The predicted molar refractivity (Wildman–Crippen MR) is 132 cm³/mol. The maximum absolute atomic E-state index is 12.7. The number of carbonyl (C=O) groups is 1. The second kappa shape index (κ2) is 11.0. The van der Waals surface area contributed by atoms with Crippen LogP contribution < -0.4 is 10.2 Å². The lowest BCUT2D eigenvalue weighted by Crippen LogP contribution is -2.46. The van der Waals surface area contributed by atoms with Crippen molar-refractivity contribution < 1.29 is 4.79 Å². The molecule has 1 saturated carbocycles. The molecule has 3 saturated heterocycles. The summed E-state index contributed by atoms with van der Waals surface area (Å²) in [6.45, 7) is 6.27. The number of amides is 1. The van der Waals surface area contributed by atoms with E-state index >= 15 is 0 Å². The van der Waals surface area contributed by atoms with E-state index in [-0.39, 0.29) is 0 Å². The molecule has 7 heteroatoms. The number of hydrogen-bond acceptors (Lipinski definition) is 6. The van der Waals surface area contributed by atoms with Gasteiger partial charge in [0.25, 0.3) is 0 Å². The van der Waals surface area contributed by atoms with Crippen molar-refractivity contribution in [3.8, 4) is 0 Å². The average Bonchev–Trinajstić information content (AvgIpc) is 3.45. The topological polar surface area (TPSA) is 64.6 Å². The van der Waals surface area contributed by atoms with Gasteiger partial charge in [-0.3, -0.25) is 9.69 Å². The number of carbonyl (C=O) groups excluding carboxylic acids is 1. The van der Waals surface area contributed by atoms with Crippen LogP contribution in [-0.4, -0.2) is 77.0 Å². The van der Waals surface area contributed by atoms with Gasteiger partial charge in [0.05, 0.1) is 0 Å². The van der Waals surface area contributed by atoms with Crippen molar-refractivity contribution in [2.75, 3.05) is 49.5 Å². The van der Waals surface area contributed by atoms with Crippen molar-refractivity contribution >= 4 is 17.7 Å². The highest BCUT2D eigenvalue weighted by atomic mass is 16.2. The molecule has 4 aliphatic rings. The van der Waals surface area contributed by atoms with E-state index in [1.165, 1.54) is 51.4 Å². The van der Waals surface area contributed by atoms with Crippen LogP contribution in [0.15, 0.2) is 12.3 Å². The summed E-state index contributed by atoms with van der Waals surface area (Å²) in [5.74, 6) is 2.90. The van der Waals surface area contributed by atoms with Gasteiger partial charge in [-0.25, -0.2) is 4.98 Å². The third-order valence-electron chi connectivity index (χ3n) is 8.40. The number of aromatic nitrogens is 2. The Bertz CT molecular complexity index is 766. The Morgan fingerprint density at radius 3 is 2.42 bits per heavy atom. The van der Waals surface area contributed by atoms with Crippen molar-refractivity contribution in [2.24, 2.45) is 5.92 Å². The van der Waals surface area contributed by atoms with E-state index in [1.807, 2.05) is 6.20 Å². The molecule has 182 valence electrons. The fraction of sp³-hybridized carbons (Fsp3) is 0.808. The van der Waals surface area contributed by atoms with Crippen molar-refractivity contribution in [2.45, 2.75) is 89.1 Å². The average molecular weight is 455 g/mol. The highest BCUT2D eigenvalue weighted by Gasteiger charge is 2.32. The molecule has 1 amide bonds. The van der Waals surface area contributed by atoms with Gasteiger partial charge in [-0.05, 0) is 56.9 Å². The summed E-state index contributed by atoms with van der Waals surface area (Å²) in [6, 6.07) is 3.07. The van der Waals surface area contributed by atoms with Crippen LogP contribution in [-0.2, 0) is 4.79 Å². The summed E-state index contributed by atoms with van der Waals surface area (Å²) < 4.78 is 0.